The average Bonchev–Trinajstić information content (AvgIpc) is 2.75. The fourth-order valence-corrected chi connectivity index (χ4v) is 4.13. The highest BCUT2D eigenvalue weighted by atomic mass is 35.5. The number of nitrogens with one attached hydrogen (secondary N) is 2. The van der Waals surface area contributed by atoms with Crippen LogP contribution in [0, 0.1) is 0 Å². The summed E-state index contributed by atoms with van der Waals surface area (Å²) in [5, 5.41) is 3.39. The van der Waals surface area contributed by atoms with Gasteiger partial charge in [-0.1, -0.05) is 71.7 Å². The summed E-state index contributed by atoms with van der Waals surface area (Å²) in [5.74, 6) is -0.208. The lowest BCUT2D eigenvalue weighted by Gasteiger charge is -2.09. The molecule has 0 aliphatic rings. The largest absolute Gasteiger partial charge is 0.325 e. The molecule has 156 valence electrons. The van der Waals surface area contributed by atoms with Gasteiger partial charge in [-0.05, 0) is 41.8 Å². The first-order chi connectivity index (χ1) is 14.3. The zero-order chi connectivity index (χ0) is 21.6. The topological polar surface area (TPSA) is 75.3 Å². The third kappa shape index (κ3) is 6.06. The molecule has 3 rings (SSSR count). The zero-order valence-corrected chi connectivity index (χ0v) is 18.3. The highest BCUT2D eigenvalue weighted by Gasteiger charge is 2.14. The molecule has 3 aromatic carbocycles. The summed E-state index contributed by atoms with van der Waals surface area (Å²) in [6.45, 7) is 0.219. The Balaban J connectivity index is 1.55. The number of rotatable bonds is 8. The molecule has 1 amide bonds. The predicted octanol–water partition coefficient (Wildman–Crippen LogP) is 5.04. The number of sulfonamides is 1. The van der Waals surface area contributed by atoms with Crippen molar-refractivity contribution >= 4 is 44.8 Å². The van der Waals surface area contributed by atoms with E-state index in [1.165, 1.54) is 12.1 Å². The molecule has 0 spiro atoms. The van der Waals surface area contributed by atoms with Crippen LogP contribution in [0.25, 0.3) is 0 Å². The number of anilines is 1. The monoisotopic (exact) mass is 462 g/mol. The van der Waals surface area contributed by atoms with Gasteiger partial charge in [-0.2, -0.15) is 0 Å². The number of aryl methyl sites for hydroxylation is 1. The summed E-state index contributed by atoms with van der Waals surface area (Å²) in [5.41, 5.74) is 2.19. The fourth-order valence-electron chi connectivity index (χ4n) is 2.76. The standard InChI is InChI=1S/C22H20Cl2N2O3S/c23-19-7-4-8-20(22(19)24)26-21(27)14-11-16-9-12-18(13-10-16)30(28,29)25-15-17-5-2-1-3-6-17/h1-10,12-13,25H,11,14-15H2,(H,26,27). The van der Waals surface area contributed by atoms with Crippen LogP contribution in [0.5, 0.6) is 0 Å². The van der Waals surface area contributed by atoms with Crippen LogP contribution in [0.15, 0.2) is 77.7 Å². The predicted molar refractivity (Wildman–Crippen MR) is 120 cm³/mol. The maximum atomic E-state index is 12.4. The van der Waals surface area contributed by atoms with E-state index in [0.29, 0.717) is 22.2 Å². The van der Waals surface area contributed by atoms with Crippen molar-refractivity contribution in [3.8, 4) is 0 Å². The second-order valence-corrected chi connectivity index (χ2v) is 9.16. The summed E-state index contributed by atoms with van der Waals surface area (Å²) >= 11 is 12.0. The van der Waals surface area contributed by atoms with E-state index in [1.54, 1.807) is 30.3 Å². The third-order valence-electron chi connectivity index (χ3n) is 4.41. The van der Waals surface area contributed by atoms with Crippen molar-refractivity contribution in [1.29, 1.82) is 0 Å². The van der Waals surface area contributed by atoms with E-state index in [1.807, 2.05) is 30.3 Å². The fraction of sp³-hybridized carbons (Fsp3) is 0.136. The first kappa shape index (κ1) is 22.3. The number of carbonyl (C=O) groups excluding carboxylic acids is 1. The molecule has 2 N–H and O–H groups in total. The summed E-state index contributed by atoms with van der Waals surface area (Å²) < 4.78 is 27.5. The first-order valence-electron chi connectivity index (χ1n) is 9.21. The molecule has 0 aliphatic carbocycles. The molecule has 0 saturated carbocycles. The molecule has 0 atom stereocenters. The Morgan fingerprint density at radius 2 is 1.53 bits per heavy atom. The molecule has 0 heterocycles. The summed E-state index contributed by atoms with van der Waals surface area (Å²) in [4.78, 5) is 12.4. The number of halogens is 2. The smallest absolute Gasteiger partial charge is 0.240 e. The summed E-state index contributed by atoms with van der Waals surface area (Å²) in [6, 6.07) is 20.8. The first-order valence-corrected chi connectivity index (χ1v) is 11.5. The number of benzene rings is 3. The lowest BCUT2D eigenvalue weighted by molar-refractivity contribution is -0.116. The van der Waals surface area contributed by atoms with Gasteiger partial charge in [0, 0.05) is 13.0 Å². The van der Waals surface area contributed by atoms with E-state index in [9.17, 15) is 13.2 Å². The Bertz CT molecular complexity index is 1120. The van der Waals surface area contributed by atoms with Crippen molar-refractivity contribution in [2.24, 2.45) is 0 Å². The Kier molecular flexibility index (Phi) is 7.50. The van der Waals surface area contributed by atoms with Crippen LogP contribution in [0.4, 0.5) is 5.69 Å². The lowest BCUT2D eigenvalue weighted by atomic mass is 10.1. The molecular formula is C22H20Cl2N2O3S. The van der Waals surface area contributed by atoms with Crippen LogP contribution in [-0.2, 0) is 27.8 Å². The summed E-state index contributed by atoms with van der Waals surface area (Å²) in [7, 11) is -3.61. The molecule has 5 nitrogen and oxygen atoms in total. The number of hydrogen-bond acceptors (Lipinski definition) is 3. The van der Waals surface area contributed by atoms with Gasteiger partial charge >= 0.3 is 0 Å². The van der Waals surface area contributed by atoms with Gasteiger partial charge < -0.3 is 5.32 Å². The summed E-state index contributed by atoms with van der Waals surface area (Å²) in [6.07, 6.45) is 0.684. The highest BCUT2D eigenvalue weighted by Crippen LogP contribution is 2.29. The van der Waals surface area contributed by atoms with Gasteiger partial charge in [-0.3, -0.25) is 4.79 Å². The lowest BCUT2D eigenvalue weighted by Crippen LogP contribution is -2.23. The molecule has 0 saturated heterocycles. The van der Waals surface area contributed by atoms with Gasteiger partial charge in [-0.15, -0.1) is 0 Å². The molecule has 0 unspecified atom stereocenters. The van der Waals surface area contributed by atoms with Crippen molar-refractivity contribution in [3.63, 3.8) is 0 Å². The second-order valence-electron chi connectivity index (χ2n) is 6.60. The van der Waals surface area contributed by atoms with Crippen LogP contribution in [-0.4, -0.2) is 14.3 Å². The maximum absolute atomic E-state index is 12.4. The second kappa shape index (κ2) is 10.1. The molecular weight excluding hydrogens is 443 g/mol. The molecule has 0 bridgehead atoms. The van der Waals surface area contributed by atoms with Gasteiger partial charge in [0.2, 0.25) is 15.9 Å². The van der Waals surface area contributed by atoms with Crippen molar-refractivity contribution < 1.29 is 13.2 Å². The van der Waals surface area contributed by atoms with E-state index in [0.717, 1.165) is 11.1 Å². The Morgan fingerprint density at radius 3 is 2.23 bits per heavy atom. The van der Waals surface area contributed by atoms with Gasteiger partial charge in [0.15, 0.2) is 0 Å². The van der Waals surface area contributed by atoms with Gasteiger partial charge in [0.05, 0.1) is 20.6 Å². The van der Waals surface area contributed by atoms with Crippen molar-refractivity contribution in [2.75, 3.05) is 5.32 Å². The van der Waals surface area contributed by atoms with E-state index in [-0.39, 0.29) is 23.8 Å². The van der Waals surface area contributed by atoms with Crippen LogP contribution in [0.3, 0.4) is 0 Å². The molecule has 8 heteroatoms. The minimum absolute atomic E-state index is 0.178. The SMILES string of the molecule is O=C(CCc1ccc(S(=O)(=O)NCc2ccccc2)cc1)Nc1cccc(Cl)c1Cl. The minimum Gasteiger partial charge on any atom is -0.325 e. The highest BCUT2D eigenvalue weighted by molar-refractivity contribution is 7.89. The van der Waals surface area contributed by atoms with Crippen molar-refractivity contribution in [2.45, 2.75) is 24.3 Å². The molecule has 3 aromatic rings. The van der Waals surface area contributed by atoms with Gasteiger partial charge in [0.1, 0.15) is 0 Å². The van der Waals surface area contributed by atoms with Crippen LogP contribution in [0.1, 0.15) is 17.5 Å². The van der Waals surface area contributed by atoms with E-state index >= 15 is 0 Å². The zero-order valence-electron chi connectivity index (χ0n) is 15.9. The van der Waals surface area contributed by atoms with Crippen LogP contribution < -0.4 is 10.0 Å². The molecule has 0 fully saturated rings. The third-order valence-corrected chi connectivity index (χ3v) is 6.65. The molecule has 30 heavy (non-hydrogen) atoms. The van der Waals surface area contributed by atoms with Gasteiger partial charge in [0.25, 0.3) is 0 Å². The average molecular weight is 463 g/mol. The normalized spacial score (nSPS) is 11.3. The van der Waals surface area contributed by atoms with Crippen molar-refractivity contribution in [3.05, 3.63) is 94.0 Å². The number of carbonyl (C=O) groups is 1. The maximum Gasteiger partial charge on any atom is 0.240 e. The Labute approximate surface area is 186 Å². The Morgan fingerprint density at radius 1 is 0.833 bits per heavy atom. The minimum atomic E-state index is -3.61. The quantitative estimate of drug-likeness (QED) is 0.491. The number of hydrogen-bond donors (Lipinski definition) is 2. The number of amides is 1. The molecule has 0 aromatic heterocycles. The Hall–Kier alpha value is -2.38. The van der Waals surface area contributed by atoms with E-state index in [4.69, 9.17) is 23.2 Å². The van der Waals surface area contributed by atoms with Crippen molar-refractivity contribution in [1.82, 2.24) is 4.72 Å². The van der Waals surface area contributed by atoms with Crippen LogP contribution >= 0.6 is 23.2 Å². The molecule has 0 radical (unpaired) electrons. The van der Waals surface area contributed by atoms with Crippen LogP contribution in [0.2, 0.25) is 10.0 Å². The molecule has 0 aliphatic heterocycles. The van der Waals surface area contributed by atoms with E-state index < -0.39 is 10.0 Å². The van der Waals surface area contributed by atoms with Gasteiger partial charge in [-0.25, -0.2) is 13.1 Å². The van der Waals surface area contributed by atoms with E-state index in [2.05, 4.69) is 10.0 Å².